The molecule has 3 heterocycles. The van der Waals surface area contributed by atoms with Gasteiger partial charge in [-0.05, 0) is 32.3 Å². The van der Waals surface area contributed by atoms with Crippen LogP contribution in [-0.2, 0) is 28.6 Å². The Morgan fingerprint density at radius 2 is 1.89 bits per heavy atom. The Balaban J connectivity index is 1.97. The Morgan fingerprint density at radius 3 is 2.52 bits per heavy atom. The summed E-state index contributed by atoms with van der Waals surface area (Å²) in [5.41, 5.74) is -2.78. The van der Waals surface area contributed by atoms with Crippen molar-refractivity contribution in [3.8, 4) is 0 Å². The lowest BCUT2D eigenvalue weighted by atomic mass is 9.82. The van der Waals surface area contributed by atoms with Gasteiger partial charge >= 0.3 is 11.9 Å². The lowest BCUT2D eigenvalue weighted by Crippen LogP contribution is -3.09. The minimum absolute atomic E-state index is 0.101. The molecular formula is C19H28NO7+. The standard InChI is InChI=1S/C19H27NO7/c1-11-9-19(12(2)27-19)17(23)26-14-6-8-20(4)7-5-13(15(14)21)10-25-16(22)18(11,3)24/h5,11-12,14,24H,6-10H2,1-4H3/p+1. The average Bonchev–Trinajstić information content (AvgIpc) is 3.26. The van der Waals surface area contributed by atoms with Gasteiger partial charge in [0.25, 0.3) is 0 Å². The summed E-state index contributed by atoms with van der Waals surface area (Å²) in [4.78, 5) is 39.3. The molecule has 2 saturated heterocycles. The first-order chi connectivity index (χ1) is 12.6. The summed E-state index contributed by atoms with van der Waals surface area (Å²) >= 11 is 0. The van der Waals surface area contributed by atoms with Crippen LogP contribution in [0, 0.1) is 5.92 Å². The fourth-order valence-electron chi connectivity index (χ4n) is 3.62. The van der Waals surface area contributed by atoms with Crippen molar-refractivity contribution in [2.24, 2.45) is 5.92 Å². The number of carbonyl (C=O) groups is 3. The highest BCUT2D eigenvalue weighted by molar-refractivity contribution is 6.01. The highest BCUT2D eigenvalue weighted by atomic mass is 16.7. The number of epoxide rings is 1. The maximum atomic E-state index is 12.9. The summed E-state index contributed by atoms with van der Waals surface area (Å²) in [5, 5.41) is 10.7. The molecule has 0 radical (unpaired) electrons. The van der Waals surface area contributed by atoms with Crippen LogP contribution in [0.4, 0.5) is 0 Å². The zero-order valence-corrected chi connectivity index (χ0v) is 16.2. The van der Waals surface area contributed by atoms with Crippen molar-refractivity contribution < 1.29 is 38.6 Å². The van der Waals surface area contributed by atoms with Crippen LogP contribution < -0.4 is 4.90 Å². The number of likely N-dealkylation sites (N-methyl/N-ethyl adjacent to an activating group) is 1. The third-order valence-corrected chi connectivity index (χ3v) is 6.06. The number of hydrogen-bond acceptors (Lipinski definition) is 7. The number of hydrogen-bond donors (Lipinski definition) is 2. The maximum absolute atomic E-state index is 12.9. The first kappa shape index (κ1) is 20.0. The predicted molar refractivity (Wildman–Crippen MR) is 92.8 cm³/mol. The molecule has 27 heavy (non-hydrogen) atoms. The van der Waals surface area contributed by atoms with Gasteiger partial charge in [-0.15, -0.1) is 0 Å². The van der Waals surface area contributed by atoms with E-state index in [1.807, 2.05) is 7.05 Å². The molecule has 6 atom stereocenters. The number of nitrogens with one attached hydrogen (secondary N) is 1. The predicted octanol–water partition coefficient (Wildman–Crippen LogP) is -1.20. The van der Waals surface area contributed by atoms with Gasteiger partial charge in [0.15, 0.2) is 17.3 Å². The van der Waals surface area contributed by atoms with Gasteiger partial charge in [0.1, 0.15) is 6.61 Å². The van der Waals surface area contributed by atoms with E-state index in [-0.39, 0.29) is 24.4 Å². The van der Waals surface area contributed by atoms with Crippen molar-refractivity contribution >= 4 is 17.7 Å². The summed E-state index contributed by atoms with van der Waals surface area (Å²) in [5.74, 6) is -2.39. The van der Waals surface area contributed by atoms with E-state index < -0.39 is 41.3 Å². The van der Waals surface area contributed by atoms with E-state index in [4.69, 9.17) is 14.2 Å². The molecule has 3 aliphatic heterocycles. The van der Waals surface area contributed by atoms with E-state index in [2.05, 4.69) is 0 Å². The molecule has 1 spiro atoms. The molecule has 0 aromatic heterocycles. The van der Waals surface area contributed by atoms with Gasteiger partial charge in [0.05, 0.1) is 26.2 Å². The molecule has 0 aliphatic carbocycles. The SMILES string of the molecule is CC1CC2(OC2C)C(=O)OC2CC[NH+](C)CC=C(COC(=O)C1(C)O)C2=O. The minimum atomic E-state index is -1.81. The number of ether oxygens (including phenoxy) is 3. The topological polar surface area (TPSA) is 107 Å². The minimum Gasteiger partial charge on any atom is -0.459 e. The Labute approximate surface area is 158 Å². The summed E-state index contributed by atoms with van der Waals surface area (Å²) in [6.45, 7) is 5.76. The Kier molecular flexibility index (Phi) is 5.18. The van der Waals surface area contributed by atoms with Crippen LogP contribution >= 0.6 is 0 Å². The van der Waals surface area contributed by atoms with Gasteiger partial charge in [-0.25, -0.2) is 9.59 Å². The molecule has 3 rings (SSSR count). The maximum Gasteiger partial charge on any atom is 0.341 e. The summed E-state index contributed by atoms with van der Waals surface area (Å²) in [7, 11) is 1.97. The summed E-state index contributed by atoms with van der Waals surface area (Å²) < 4.78 is 16.4. The zero-order chi connectivity index (χ0) is 20.0. The molecule has 8 nitrogen and oxygen atoms in total. The number of quaternary nitrogens is 1. The normalized spacial score (nSPS) is 43.4. The first-order valence-corrected chi connectivity index (χ1v) is 9.41. The second kappa shape index (κ2) is 7.00. The molecule has 2 bridgehead atoms. The van der Waals surface area contributed by atoms with Crippen LogP contribution in [0.25, 0.3) is 0 Å². The van der Waals surface area contributed by atoms with E-state index >= 15 is 0 Å². The van der Waals surface area contributed by atoms with Gasteiger partial charge < -0.3 is 24.2 Å². The van der Waals surface area contributed by atoms with Crippen LogP contribution in [0.1, 0.15) is 33.6 Å². The lowest BCUT2D eigenvalue weighted by molar-refractivity contribution is -0.874. The van der Waals surface area contributed by atoms with Crippen molar-refractivity contribution in [2.45, 2.75) is 57.0 Å². The smallest absolute Gasteiger partial charge is 0.341 e. The summed E-state index contributed by atoms with van der Waals surface area (Å²) in [6.07, 6.45) is 0.861. The number of carbonyl (C=O) groups excluding carboxylic acids is 3. The second-order valence-electron chi connectivity index (χ2n) is 8.17. The van der Waals surface area contributed by atoms with Crippen molar-refractivity contribution in [3.05, 3.63) is 11.6 Å². The number of aliphatic hydroxyl groups is 1. The molecule has 8 heteroatoms. The van der Waals surface area contributed by atoms with Gasteiger partial charge in [0, 0.05) is 12.0 Å². The number of ketones is 1. The van der Waals surface area contributed by atoms with E-state index in [0.717, 1.165) is 4.90 Å². The molecule has 0 aromatic rings. The average molecular weight is 382 g/mol. The zero-order valence-electron chi connectivity index (χ0n) is 16.2. The van der Waals surface area contributed by atoms with Gasteiger partial charge in [-0.3, -0.25) is 4.79 Å². The molecule has 6 unspecified atom stereocenters. The Bertz CT molecular complexity index is 686. The Hall–Kier alpha value is -1.77. The first-order valence-electron chi connectivity index (χ1n) is 9.41. The van der Waals surface area contributed by atoms with E-state index in [1.165, 1.54) is 6.92 Å². The fraction of sp³-hybridized carbons (Fsp3) is 0.737. The fourth-order valence-corrected chi connectivity index (χ4v) is 3.62. The third-order valence-electron chi connectivity index (χ3n) is 6.06. The highest BCUT2D eigenvalue weighted by Gasteiger charge is 2.64. The van der Waals surface area contributed by atoms with Crippen molar-refractivity contribution in [1.82, 2.24) is 0 Å². The van der Waals surface area contributed by atoms with Crippen LogP contribution in [0.15, 0.2) is 11.6 Å². The highest BCUT2D eigenvalue weighted by Crippen LogP contribution is 2.45. The quantitative estimate of drug-likeness (QED) is 0.400. The monoisotopic (exact) mass is 382 g/mol. The molecule has 150 valence electrons. The molecular weight excluding hydrogens is 354 g/mol. The van der Waals surface area contributed by atoms with Crippen LogP contribution in [0.3, 0.4) is 0 Å². The van der Waals surface area contributed by atoms with E-state index in [1.54, 1.807) is 19.9 Å². The number of Topliss-reactive ketones (excluding diaryl/α,β-unsaturated/α-hetero) is 1. The Morgan fingerprint density at radius 1 is 1.22 bits per heavy atom. The number of fused-ring (bicyclic) bond motifs is 2. The molecule has 0 amide bonds. The van der Waals surface area contributed by atoms with Crippen molar-refractivity contribution in [3.63, 3.8) is 0 Å². The van der Waals surface area contributed by atoms with E-state index in [0.29, 0.717) is 19.5 Å². The molecule has 3 aliphatic rings. The van der Waals surface area contributed by atoms with Crippen LogP contribution in [-0.4, -0.2) is 73.0 Å². The van der Waals surface area contributed by atoms with Crippen molar-refractivity contribution in [2.75, 3.05) is 26.7 Å². The van der Waals surface area contributed by atoms with Crippen molar-refractivity contribution in [1.29, 1.82) is 0 Å². The molecule has 2 fully saturated rings. The lowest BCUT2D eigenvalue weighted by Gasteiger charge is -2.31. The number of rotatable bonds is 0. The van der Waals surface area contributed by atoms with Gasteiger partial charge in [-0.1, -0.05) is 6.92 Å². The van der Waals surface area contributed by atoms with Crippen LogP contribution in [0.2, 0.25) is 0 Å². The summed E-state index contributed by atoms with van der Waals surface area (Å²) in [6, 6.07) is 0. The van der Waals surface area contributed by atoms with E-state index in [9.17, 15) is 19.5 Å². The van der Waals surface area contributed by atoms with Gasteiger partial charge in [-0.2, -0.15) is 0 Å². The number of cyclic esters (lactones) is 1. The van der Waals surface area contributed by atoms with Gasteiger partial charge in [0.2, 0.25) is 5.78 Å². The molecule has 0 aromatic carbocycles. The second-order valence-corrected chi connectivity index (χ2v) is 8.17. The largest absolute Gasteiger partial charge is 0.459 e. The van der Waals surface area contributed by atoms with Crippen LogP contribution in [0.5, 0.6) is 0 Å². The molecule has 2 N–H and O–H groups in total. The molecule has 0 saturated carbocycles. The third kappa shape index (κ3) is 3.66. The number of esters is 2.